The summed E-state index contributed by atoms with van der Waals surface area (Å²) in [6.45, 7) is 6.29. The maximum atomic E-state index is 12.5. The number of hydrogen-bond donors (Lipinski definition) is 1. The Balaban J connectivity index is 2.73. The number of hydrogen-bond acceptors (Lipinski definition) is 5. The quantitative estimate of drug-likeness (QED) is 0.652. The van der Waals surface area contributed by atoms with Gasteiger partial charge in [0.1, 0.15) is 4.90 Å². The van der Waals surface area contributed by atoms with Crippen molar-refractivity contribution in [3.05, 3.63) is 12.4 Å². The van der Waals surface area contributed by atoms with E-state index >= 15 is 0 Å². The van der Waals surface area contributed by atoms with Crippen molar-refractivity contribution in [3.63, 3.8) is 0 Å². The van der Waals surface area contributed by atoms with Gasteiger partial charge < -0.3 is 5.32 Å². The largest absolute Gasteiger partial charge is 0.315 e. The Kier molecular flexibility index (Phi) is 7.72. The maximum Gasteiger partial charge on any atom is 0.246 e. The van der Waals surface area contributed by atoms with Crippen molar-refractivity contribution in [3.8, 4) is 0 Å². The summed E-state index contributed by atoms with van der Waals surface area (Å²) in [6.07, 6.45) is 5.89. The normalized spacial score (nSPS) is 13.8. The predicted molar refractivity (Wildman–Crippen MR) is 88.2 cm³/mol. The number of nitrogens with one attached hydrogen (secondary N) is 1. The topological polar surface area (TPSA) is 67.2 Å². The molecule has 8 heteroatoms. The summed E-state index contributed by atoms with van der Waals surface area (Å²) >= 11 is 1.72. The van der Waals surface area contributed by atoms with Crippen LogP contribution in [-0.4, -0.2) is 60.7 Å². The lowest BCUT2D eigenvalue weighted by molar-refractivity contribution is 0.382. The minimum Gasteiger partial charge on any atom is -0.315 e. The van der Waals surface area contributed by atoms with Crippen LogP contribution < -0.4 is 5.32 Å². The van der Waals surface area contributed by atoms with E-state index < -0.39 is 10.0 Å². The van der Waals surface area contributed by atoms with Crippen molar-refractivity contribution in [2.45, 2.75) is 37.8 Å². The molecule has 0 bridgehead atoms. The lowest BCUT2D eigenvalue weighted by atomic mass is 10.3. The van der Waals surface area contributed by atoms with E-state index in [0.717, 1.165) is 25.3 Å². The third kappa shape index (κ3) is 5.28. The fourth-order valence-electron chi connectivity index (χ4n) is 1.84. The highest BCUT2D eigenvalue weighted by Gasteiger charge is 2.26. The van der Waals surface area contributed by atoms with Gasteiger partial charge in [-0.1, -0.05) is 6.92 Å². The molecular weight excluding hydrogens is 308 g/mol. The summed E-state index contributed by atoms with van der Waals surface area (Å²) in [4.78, 5) is 0.262. The summed E-state index contributed by atoms with van der Waals surface area (Å²) in [6, 6.07) is -0.0208. The molecule has 0 aliphatic rings. The molecule has 1 heterocycles. The molecule has 1 aromatic heterocycles. The Morgan fingerprint density at radius 1 is 1.52 bits per heavy atom. The van der Waals surface area contributed by atoms with Crippen LogP contribution in [-0.2, 0) is 16.6 Å². The summed E-state index contributed by atoms with van der Waals surface area (Å²) in [7, 11) is -1.82. The monoisotopic (exact) mass is 334 g/mol. The zero-order valence-corrected chi connectivity index (χ0v) is 14.9. The first kappa shape index (κ1) is 18.5. The minimum atomic E-state index is -3.46. The molecule has 0 aromatic carbocycles. The number of nitrogens with zero attached hydrogens (tertiary/aromatic N) is 3. The molecule has 1 rings (SSSR count). The van der Waals surface area contributed by atoms with Crippen LogP contribution in [0.3, 0.4) is 0 Å². The average molecular weight is 335 g/mol. The van der Waals surface area contributed by atoms with Crippen molar-refractivity contribution in [2.24, 2.45) is 0 Å². The second-order valence-corrected chi connectivity index (χ2v) is 7.93. The van der Waals surface area contributed by atoms with Crippen molar-refractivity contribution in [1.29, 1.82) is 0 Å². The Bertz CT molecular complexity index is 516. The number of thioether (sulfide) groups is 1. The fourth-order valence-corrected chi connectivity index (χ4v) is 3.77. The molecule has 122 valence electrons. The van der Waals surface area contributed by atoms with Gasteiger partial charge in [0.25, 0.3) is 0 Å². The smallest absolute Gasteiger partial charge is 0.246 e. The first-order chi connectivity index (χ1) is 9.93. The van der Waals surface area contributed by atoms with Crippen molar-refractivity contribution in [2.75, 3.05) is 32.1 Å². The van der Waals surface area contributed by atoms with Crippen molar-refractivity contribution in [1.82, 2.24) is 19.4 Å². The van der Waals surface area contributed by atoms with Crippen LogP contribution in [0.2, 0.25) is 0 Å². The van der Waals surface area contributed by atoms with Gasteiger partial charge in [0.15, 0.2) is 0 Å². The first-order valence-electron chi connectivity index (χ1n) is 7.13. The first-order valence-corrected chi connectivity index (χ1v) is 9.97. The molecule has 1 atom stereocenters. The SMILES string of the molecule is CCNCCn1cc(S(=O)(=O)N(C)C(C)CCSC)cn1. The third-order valence-corrected chi connectivity index (χ3v) is 5.98. The lowest BCUT2D eigenvalue weighted by Crippen LogP contribution is -2.35. The molecule has 0 saturated heterocycles. The van der Waals surface area contributed by atoms with E-state index in [1.165, 1.54) is 10.5 Å². The van der Waals surface area contributed by atoms with Gasteiger partial charge in [-0.25, -0.2) is 8.42 Å². The zero-order chi connectivity index (χ0) is 15.9. The van der Waals surface area contributed by atoms with E-state index in [1.807, 2.05) is 20.1 Å². The van der Waals surface area contributed by atoms with E-state index in [9.17, 15) is 8.42 Å². The van der Waals surface area contributed by atoms with E-state index in [-0.39, 0.29) is 10.9 Å². The third-order valence-electron chi connectivity index (χ3n) is 3.41. The van der Waals surface area contributed by atoms with Gasteiger partial charge in [-0.3, -0.25) is 4.68 Å². The number of sulfonamides is 1. The molecule has 6 nitrogen and oxygen atoms in total. The van der Waals surface area contributed by atoms with Crippen LogP contribution in [0, 0.1) is 0 Å². The summed E-state index contributed by atoms with van der Waals surface area (Å²) in [5, 5.41) is 7.31. The van der Waals surface area contributed by atoms with Crippen LogP contribution in [0.1, 0.15) is 20.3 Å². The molecule has 0 amide bonds. The van der Waals surface area contributed by atoms with Crippen LogP contribution in [0.5, 0.6) is 0 Å². The number of likely N-dealkylation sites (N-methyl/N-ethyl adjacent to an activating group) is 1. The van der Waals surface area contributed by atoms with E-state index in [4.69, 9.17) is 0 Å². The van der Waals surface area contributed by atoms with E-state index in [0.29, 0.717) is 6.54 Å². The minimum absolute atomic E-state index is 0.0208. The fraction of sp³-hybridized carbons (Fsp3) is 0.769. The van der Waals surface area contributed by atoms with Gasteiger partial charge in [0, 0.05) is 25.8 Å². The van der Waals surface area contributed by atoms with Crippen LogP contribution >= 0.6 is 11.8 Å². The average Bonchev–Trinajstić information content (AvgIpc) is 2.93. The highest BCUT2D eigenvalue weighted by Crippen LogP contribution is 2.18. The molecule has 1 aromatic rings. The molecule has 0 aliphatic carbocycles. The zero-order valence-electron chi connectivity index (χ0n) is 13.2. The van der Waals surface area contributed by atoms with Gasteiger partial charge in [-0.05, 0) is 31.9 Å². The molecular formula is C13H26N4O2S2. The summed E-state index contributed by atoms with van der Waals surface area (Å²) < 4.78 is 28.2. The maximum absolute atomic E-state index is 12.5. The van der Waals surface area contributed by atoms with Crippen LogP contribution in [0.25, 0.3) is 0 Å². The van der Waals surface area contributed by atoms with Gasteiger partial charge in [-0.2, -0.15) is 21.2 Å². The molecule has 21 heavy (non-hydrogen) atoms. The van der Waals surface area contributed by atoms with E-state index in [1.54, 1.807) is 29.7 Å². The molecule has 0 fully saturated rings. The lowest BCUT2D eigenvalue weighted by Gasteiger charge is -2.23. The summed E-state index contributed by atoms with van der Waals surface area (Å²) in [5.41, 5.74) is 0. The number of aromatic nitrogens is 2. The van der Waals surface area contributed by atoms with Crippen LogP contribution in [0.4, 0.5) is 0 Å². The highest BCUT2D eigenvalue weighted by molar-refractivity contribution is 7.98. The van der Waals surface area contributed by atoms with Crippen molar-refractivity contribution >= 4 is 21.8 Å². The molecule has 0 aliphatic heterocycles. The predicted octanol–water partition coefficient (Wildman–Crippen LogP) is 1.25. The Morgan fingerprint density at radius 3 is 2.86 bits per heavy atom. The van der Waals surface area contributed by atoms with Gasteiger partial charge in [0.2, 0.25) is 10.0 Å². The molecule has 1 N–H and O–H groups in total. The van der Waals surface area contributed by atoms with Crippen LogP contribution in [0.15, 0.2) is 17.3 Å². The second-order valence-electron chi connectivity index (χ2n) is 4.94. The van der Waals surface area contributed by atoms with E-state index in [2.05, 4.69) is 10.4 Å². The standard InChI is InChI=1S/C13H26N4O2S2/c1-5-14-7-8-17-11-13(10-15-17)21(18,19)16(3)12(2)6-9-20-4/h10-12,14H,5-9H2,1-4H3. The Hall–Kier alpha value is -0.570. The van der Waals surface area contributed by atoms with Gasteiger partial charge in [0.05, 0.1) is 12.7 Å². The molecule has 1 unspecified atom stereocenters. The Labute approximate surface area is 132 Å². The molecule has 0 spiro atoms. The molecule has 0 saturated carbocycles. The highest BCUT2D eigenvalue weighted by atomic mass is 32.2. The van der Waals surface area contributed by atoms with Crippen molar-refractivity contribution < 1.29 is 8.42 Å². The van der Waals surface area contributed by atoms with Gasteiger partial charge in [-0.15, -0.1) is 0 Å². The molecule has 0 radical (unpaired) electrons. The number of rotatable bonds is 10. The van der Waals surface area contributed by atoms with Gasteiger partial charge >= 0.3 is 0 Å². The summed E-state index contributed by atoms with van der Waals surface area (Å²) in [5.74, 6) is 0.947. The Morgan fingerprint density at radius 2 is 2.24 bits per heavy atom. The second kappa shape index (κ2) is 8.77.